The number of fused-ring (bicyclic) bond motifs is 1. The van der Waals surface area contributed by atoms with E-state index in [1.807, 2.05) is 45.9 Å². The number of aryl methyl sites for hydroxylation is 1. The molecule has 2 aromatic rings. The molecule has 214 valence electrons. The Kier molecular flexibility index (Phi) is 9.35. The van der Waals surface area contributed by atoms with Crippen LogP contribution in [0.2, 0.25) is 0 Å². The Balaban J connectivity index is 1.98. The van der Waals surface area contributed by atoms with Gasteiger partial charge in [0.15, 0.2) is 0 Å². The highest BCUT2D eigenvalue weighted by Crippen LogP contribution is 2.39. The van der Waals surface area contributed by atoms with E-state index in [1.165, 1.54) is 4.31 Å². The number of hydrogen-bond donors (Lipinski definition) is 3. The lowest BCUT2D eigenvalue weighted by atomic mass is 9.81. The second-order valence-electron chi connectivity index (χ2n) is 11.2. The molecule has 3 rings (SSSR count). The lowest BCUT2D eigenvalue weighted by molar-refractivity contribution is -0.156. The predicted molar refractivity (Wildman–Crippen MR) is 151 cm³/mol. The third-order valence-electron chi connectivity index (χ3n) is 6.74. The molecule has 1 atom stereocenters. The maximum absolute atomic E-state index is 13.7. The zero-order valence-electron chi connectivity index (χ0n) is 23.7. The number of carboxylic acids is 1. The van der Waals surface area contributed by atoms with E-state index < -0.39 is 33.1 Å². The van der Waals surface area contributed by atoms with Gasteiger partial charge in [-0.05, 0) is 69.9 Å². The van der Waals surface area contributed by atoms with Crippen LogP contribution in [0.4, 0.5) is 0 Å². The summed E-state index contributed by atoms with van der Waals surface area (Å²) in [4.78, 5) is 12.4. The fourth-order valence-electron chi connectivity index (χ4n) is 4.48. The first-order chi connectivity index (χ1) is 18.2. The Hall–Kier alpha value is -3.08. The molecular formula is C29H41N3O6S. The maximum Gasteiger partial charge on any atom is 0.312 e. The molecule has 0 aliphatic carbocycles. The van der Waals surface area contributed by atoms with Crippen molar-refractivity contribution < 1.29 is 27.8 Å². The van der Waals surface area contributed by atoms with Crippen LogP contribution in [0, 0.1) is 12.3 Å². The van der Waals surface area contributed by atoms with Gasteiger partial charge < -0.3 is 25.6 Å². The first-order valence-electron chi connectivity index (χ1n) is 13.1. The van der Waals surface area contributed by atoms with E-state index in [1.54, 1.807) is 44.3 Å². The molecule has 1 unspecified atom stereocenters. The number of rotatable bonds is 11. The van der Waals surface area contributed by atoms with Crippen molar-refractivity contribution >= 4 is 16.0 Å². The number of carbonyl (C=O) groups is 1. The van der Waals surface area contributed by atoms with Crippen molar-refractivity contribution in [2.75, 3.05) is 19.7 Å². The Bertz CT molecular complexity index is 1320. The molecule has 39 heavy (non-hydrogen) atoms. The molecule has 0 saturated carbocycles. The quantitative estimate of drug-likeness (QED) is 0.347. The average Bonchev–Trinajstić information content (AvgIpc) is 2.92. The second kappa shape index (κ2) is 12.0. The van der Waals surface area contributed by atoms with Crippen LogP contribution in [0.5, 0.6) is 5.75 Å². The molecule has 0 fully saturated rings. The molecular weight excluding hydrogens is 518 g/mol. The molecule has 10 heteroatoms. The van der Waals surface area contributed by atoms with Gasteiger partial charge in [0.1, 0.15) is 16.2 Å². The van der Waals surface area contributed by atoms with Gasteiger partial charge in [-0.2, -0.15) is 4.31 Å². The molecule has 1 heterocycles. The smallest absolute Gasteiger partial charge is 0.312 e. The van der Waals surface area contributed by atoms with Crippen molar-refractivity contribution in [2.24, 2.45) is 11.1 Å². The molecule has 1 aliphatic heterocycles. The van der Waals surface area contributed by atoms with Crippen molar-refractivity contribution in [3.8, 4) is 5.75 Å². The second-order valence-corrected chi connectivity index (χ2v) is 13.1. The SMILES string of the molecule is CCCN/C=C(\N)COC(c1ccc(C)c(CN2CC(C)(C)Oc3ccccc3S2(=O)=O)c1)C(C)(C)C(=O)O. The number of hydrogen-bond acceptors (Lipinski definition) is 7. The number of nitrogens with two attached hydrogens (primary N) is 1. The van der Waals surface area contributed by atoms with Crippen LogP contribution in [-0.2, 0) is 26.1 Å². The number of sulfonamides is 1. The zero-order chi connectivity index (χ0) is 29.0. The summed E-state index contributed by atoms with van der Waals surface area (Å²) in [5.74, 6) is -0.696. The van der Waals surface area contributed by atoms with Crippen LogP contribution >= 0.6 is 0 Å². The minimum atomic E-state index is -3.86. The number of para-hydroxylation sites is 1. The summed E-state index contributed by atoms with van der Waals surface area (Å²) in [6.45, 7) is 11.9. The van der Waals surface area contributed by atoms with Crippen LogP contribution in [-0.4, -0.2) is 49.1 Å². The molecule has 0 saturated heterocycles. The van der Waals surface area contributed by atoms with E-state index in [9.17, 15) is 18.3 Å². The van der Waals surface area contributed by atoms with Gasteiger partial charge in [-0.15, -0.1) is 0 Å². The summed E-state index contributed by atoms with van der Waals surface area (Å²) in [5.41, 5.74) is 6.73. The highest BCUT2D eigenvalue weighted by atomic mass is 32.2. The number of ether oxygens (including phenoxy) is 2. The predicted octanol–water partition coefficient (Wildman–Crippen LogP) is 4.33. The minimum Gasteiger partial charge on any atom is -0.485 e. The highest BCUT2D eigenvalue weighted by Gasteiger charge is 2.41. The van der Waals surface area contributed by atoms with Crippen LogP contribution in [0.25, 0.3) is 0 Å². The van der Waals surface area contributed by atoms with Crippen molar-refractivity contribution in [1.29, 1.82) is 0 Å². The largest absolute Gasteiger partial charge is 0.485 e. The number of benzene rings is 2. The lowest BCUT2D eigenvalue weighted by Gasteiger charge is -2.32. The van der Waals surface area contributed by atoms with E-state index in [4.69, 9.17) is 15.2 Å². The first kappa shape index (κ1) is 30.5. The molecule has 0 bridgehead atoms. The third kappa shape index (κ3) is 7.12. The summed E-state index contributed by atoms with van der Waals surface area (Å²) in [5, 5.41) is 13.1. The van der Waals surface area contributed by atoms with Crippen molar-refractivity contribution in [1.82, 2.24) is 9.62 Å². The van der Waals surface area contributed by atoms with E-state index in [-0.39, 0.29) is 24.6 Å². The number of nitrogens with zero attached hydrogens (tertiary/aromatic N) is 1. The maximum atomic E-state index is 13.7. The summed E-state index contributed by atoms with van der Waals surface area (Å²) in [7, 11) is -3.86. The summed E-state index contributed by atoms with van der Waals surface area (Å²) < 4.78 is 41.0. The Morgan fingerprint density at radius 3 is 2.64 bits per heavy atom. The van der Waals surface area contributed by atoms with E-state index >= 15 is 0 Å². The van der Waals surface area contributed by atoms with Gasteiger partial charge in [0, 0.05) is 19.3 Å². The molecule has 4 N–H and O–H groups in total. The zero-order valence-corrected chi connectivity index (χ0v) is 24.5. The number of aliphatic carboxylic acids is 1. The van der Waals surface area contributed by atoms with Crippen molar-refractivity contribution in [2.45, 2.75) is 71.1 Å². The fourth-order valence-corrected chi connectivity index (χ4v) is 6.17. The Labute approximate surface area is 232 Å². The minimum absolute atomic E-state index is 0.0319. The Morgan fingerprint density at radius 1 is 1.28 bits per heavy atom. The average molecular weight is 560 g/mol. The van der Waals surface area contributed by atoms with Crippen molar-refractivity contribution in [3.05, 3.63) is 71.1 Å². The van der Waals surface area contributed by atoms with Gasteiger partial charge in [0.25, 0.3) is 0 Å². The van der Waals surface area contributed by atoms with Gasteiger partial charge in [-0.25, -0.2) is 8.42 Å². The van der Waals surface area contributed by atoms with E-state index in [2.05, 4.69) is 5.32 Å². The Morgan fingerprint density at radius 2 is 1.97 bits per heavy atom. The highest BCUT2D eigenvalue weighted by molar-refractivity contribution is 7.89. The summed E-state index contributed by atoms with van der Waals surface area (Å²) in [6.07, 6.45) is 1.77. The van der Waals surface area contributed by atoms with E-state index in [0.29, 0.717) is 17.0 Å². The monoisotopic (exact) mass is 559 g/mol. The first-order valence-corrected chi connectivity index (χ1v) is 14.5. The topological polar surface area (TPSA) is 131 Å². The van der Waals surface area contributed by atoms with Crippen molar-refractivity contribution in [3.63, 3.8) is 0 Å². The van der Waals surface area contributed by atoms with E-state index in [0.717, 1.165) is 24.1 Å². The molecule has 1 aliphatic rings. The molecule has 2 aromatic carbocycles. The number of carboxylic acid groups (broad SMARTS) is 1. The van der Waals surface area contributed by atoms with Crippen LogP contribution in [0.3, 0.4) is 0 Å². The van der Waals surface area contributed by atoms with Gasteiger partial charge in [-0.1, -0.05) is 37.3 Å². The van der Waals surface area contributed by atoms with Crippen LogP contribution in [0.15, 0.2) is 59.3 Å². The normalized spacial score (nSPS) is 17.9. The van der Waals surface area contributed by atoms with Crippen LogP contribution < -0.4 is 15.8 Å². The molecule has 0 amide bonds. The molecule has 0 spiro atoms. The molecule has 9 nitrogen and oxygen atoms in total. The molecule has 0 radical (unpaired) electrons. The summed E-state index contributed by atoms with van der Waals surface area (Å²) >= 11 is 0. The molecule has 0 aromatic heterocycles. The standard InChI is InChI=1S/C29H41N3O6S/c1-7-14-31-16-23(30)18-37-26(29(5,6)27(33)34)21-13-12-20(2)22(15-21)17-32-19-28(3,4)38-24-10-8-9-11-25(24)39(32,35)36/h8-13,15-16,26,31H,7,14,17-19,30H2,1-6H3,(H,33,34)/b23-16-. The van der Waals surface area contributed by atoms with Gasteiger partial charge in [0.2, 0.25) is 10.0 Å². The number of nitrogens with one attached hydrogen (secondary N) is 1. The van der Waals surface area contributed by atoms with Gasteiger partial charge in [0.05, 0.1) is 30.4 Å². The van der Waals surface area contributed by atoms with Gasteiger partial charge in [-0.3, -0.25) is 4.79 Å². The van der Waals surface area contributed by atoms with Gasteiger partial charge >= 0.3 is 5.97 Å². The third-order valence-corrected chi connectivity index (χ3v) is 8.57. The van der Waals surface area contributed by atoms with Crippen LogP contribution in [0.1, 0.15) is 63.8 Å². The fraction of sp³-hybridized carbons (Fsp3) is 0.483. The summed E-state index contributed by atoms with van der Waals surface area (Å²) in [6, 6.07) is 12.2. The lowest BCUT2D eigenvalue weighted by Crippen LogP contribution is -2.42.